The number of ether oxygens (including phenoxy) is 1. The number of hydrogen-bond acceptors (Lipinski definition) is 3. The maximum Gasteiger partial charge on any atom is 0.410 e. The van der Waals surface area contributed by atoms with Crippen LogP contribution >= 0.6 is 0 Å². The lowest BCUT2D eigenvalue weighted by Crippen LogP contribution is -2.49. The van der Waals surface area contributed by atoms with Gasteiger partial charge < -0.3 is 14.7 Å². The molecule has 1 saturated heterocycles. The highest BCUT2D eigenvalue weighted by Crippen LogP contribution is 2.51. The van der Waals surface area contributed by atoms with Gasteiger partial charge in [-0.05, 0) is 83.8 Å². The quantitative estimate of drug-likeness (QED) is 0.761. The number of aliphatic hydroxyl groups is 1. The summed E-state index contributed by atoms with van der Waals surface area (Å²) in [5.41, 5.74) is 2.87. The van der Waals surface area contributed by atoms with E-state index >= 15 is 0 Å². The second-order valence-corrected chi connectivity index (χ2v) is 10.1. The first-order valence-electron chi connectivity index (χ1n) is 10.2. The van der Waals surface area contributed by atoms with E-state index in [1.807, 2.05) is 39.5 Å². The van der Waals surface area contributed by atoms with Gasteiger partial charge in [-0.25, -0.2) is 4.79 Å². The molecule has 1 atom stereocenters. The number of nitrogens with zero attached hydrogens (tertiary/aromatic N) is 1. The zero-order valence-corrected chi connectivity index (χ0v) is 17.8. The van der Waals surface area contributed by atoms with Gasteiger partial charge in [0.25, 0.3) is 0 Å². The average Bonchev–Trinajstić information content (AvgIpc) is 2.52. The Morgan fingerprint density at radius 3 is 2.33 bits per heavy atom. The molecule has 1 aromatic rings. The molecule has 1 aliphatic heterocycles. The normalized spacial score (nSPS) is 22.5. The lowest BCUT2D eigenvalue weighted by Gasteiger charge is -2.49. The molecule has 0 bridgehead atoms. The van der Waals surface area contributed by atoms with Crippen molar-refractivity contribution in [3.63, 3.8) is 0 Å². The lowest BCUT2D eigenvalue weighted by molar-refractivity contribution is 0.0116. The van der Waals surface area contributed by atoms with Crippen molar-refractivity contribution in [2.45, 2.75) is 89.8 Å². The summed E-state index contributed by atoms with van der Waals surface area (Å²) < 4.78 is 5.55. The van der Waals surface area contributed by atoms with Crippen molar-refractivity contribution >= 4 is 6.09 Å². The Labute approximate surface area is 163 Å². The maximum absolute atomic E-state index is 12.4. The Balaban J connectivity index is 1.83. The van der Waals surface area contributed by atoms with Crippen LogP contribution in [0.1, 0.15) is 82.9 Å². The largest absolute Gasteiger partial charge is 0.444 e. The molecule has 150 valence electrons. The molecule has 0 radical (unpaired) electrons. The van der Waals surface area contributed by atoms with Crippen LogP contribution in [0.4, 0.5) is 4.79 Å². The van der Waals surface area contributed by atoms with Gasteiger partial charge in [0.1, 0.15) is 5.60 Å². The van der Waals surface area contributed by atoms with Crippen molar-refractivity contribution in [1.82, 2.24) is 4.90 Å². The topological polar surface area (TPSA) is 49.8 Å². The highest BCUT2D eigenvalue weighted by molar-refractivity contribution is 5.68. The molecular formula is C23H35NO3. The van der Waals surface area contributed by atoms with Crippen LogP contribution in [0.2, 0.25) is 0 Å². The number of carbonyl (C=O) groups excluding carboxylic acids is 1. The molecular weight excluding hydrogens is 338 g/mol. The minimum absolute atomic E-state index is 0.114. The van der Waals surface area contributed by atoms with Crippen LogP contribution in [-0.4, -0.2) is 40.4 Å². The smallest absolute Gasteiger partial charge is 0.410 e. The molecule has 0 aromatic heterocycles. The van der Waals surface area contributed by atoms with Gasteiger partial charge in [-0.15, -0.1) is 0 Å². The molecule has 2 aliphatic rings. The van der Waals surface area contributed by atoms with Gasteiger partial charge in [0.15, 0.2) is 0 Å². The summed E-state index contributed by atoms with van der Waals surface area (Å²) in [6, 6.07) is 6.72. The summed E-state index contributed by atoms with van der Waals surface area (Å²) in [5, 5.41) is 10.7. The summed E-state index contributed by atoms with van der Waals surface area (Å²) in [4.78, 5) is 14.3. The molecule has 1 N–H and O–H groups in total. The van der Waals surface area contributed by atoms with E-state index in [2.05, 4.69) is 25.1 Å². The Bertz CT molecular complexity index is 703. The second-order valence-electron chi connectivity index (χ2n) is 10.1. The minimum Gasteiger partial charge on any atom is -0.444 e. The van der Waals surface area contributed by atoms with E-state index in [9.17, 15) is 9.90 Å². The number of rotatable bonds is 1. The van der Waals surface area contributed by atoms with Gasteiger partial charge in [0.2, 0.25) is 0 Å². The van der Waals surface area contributed by atoms with Crippen molar-refractivity contribution < 1.29 is 14.6 Å². The molecule has 1 amide bonds. The molecule has 27 heavy (non-hydrogen) atoms. The van der Waals surface area contributed by atoms with E-state index in [1.54, 1.807) is 0 Å². The Morgan fingerprint density at radius 2 is 1.78 bits per heavy atom. The van der Waals surface area contributed by atoms with Crippen LogP contribution in [0, 0.1) is 6.92 Å². The molecule has 4 heteroatoms. The third-order valence-corrected chi connectivity index (χ3v) is 6.29. The minimum atomic E-state index is -0.721. The molecule has 1 aliphatic carbocycles. The third-order valence-electron chi connectivity index (χ3n) is 6.29. The lowest BCUT2D eigenvalue weighted by atomic mass is 9.60. The highest BCUT2D eigenvalue weighted by Gasteiger charge is 2.45. The zero-order chi connectivity index (χ0) is 20.0. The standard InChI is InChI=1S/C23H35NO3/c1-16-7-8-19-17(15-16)18(22(5,6)26)9-10-23(19)11-13-24(14-12-23)20(25)27-21(2,3)4/h7-8,15,18,26H,9-14H2,1-6H3. The first kappa shape index (κ1) is 20.2. The van der Waals surface area contributed by atoms with Gasteiger partial charge in [-0.3, -0.25) is 0 Å². The highest BCUT2D eigenvalue weighted by atomic mass is 16.6. The number of carbonyl (C=O) groups is 1. The first-order chi connectivity index (χ1) is 12.4. The molecule has 1 unspecified atom stereocenters. The van der Waals surface area contributed by atoms with Gasteiger partial charge >= 0.3 is 6.09 Å². The maximum atomic E-state index is 12.4. The number of hydrogen-bond donors (Lipinski definition) is 1. The van der Waals surface area contributed by atoms with Crippen molar-refractivity contribution in [3.05, 3.63) is 34.9 Å². The molecule has 1 aromatic carbocycles. The summed E-state index contributed by atoms with van der Waals surface area (Å²) in [6.45, 7) is 13.2. The fourth-order valence-corrected chi connectivity index (χ4v) is 4.86. The number of amides is 1. The van der Waals surface area contributed by atoms with E-state index in [0.717, 1.165) is 38.8 Å². The van der Waals surface area contributed by atoms with Crippen LogP contribution in [0.25, 0.3) is 0 Å². The molecule has 4 nitrogen and oxygen atoms in total. The predicted molar refractivity (Wildman–Crippen MR) is 108 cm³/mol. The fraction of sp³-hybridized carbons (Fsp3) is 0.696. The molecule has 3 rings (SSSR count). The zero-order valence-electron chi connectivity index (χ0n) is 17.8. The fourth-order valence-electron chi connectivity index (χ4n) is 4.86. The summed E-state index contributed by atoms with van der Waals surface area (Å²) in [7, 11) is 0. The average molecular weight is 374 g/mol. The predicted octanol–water partition coefficient (Wildman–Crippen LogP) is 4.91. The van der Waals surface area contributed by atoms with Crippen LogP contribution < -0.4 is 0 Å². The summed E-state index contributed by atoms with van der Waals surface area (Å²) in [5.74, 6) is 0.168. The van der Waals surface area contributed by atoms with E-state index in [1.165, 1.54) is 16.7 Å². The van der Waals surface area contributed by atoms with Gasteiger partial charge in [-0.1, -0.05) is 23.8 Å². The van der Waals surface area contributed by atoms with E-state index in [-0.39, 0.29) is 17.4 Å². The van der Waals surface area contributed by atoms with Gasteiger partial charge in [0, 0.05) is 19.0 Å². The van der Waals surface area contributed by atoms with Crippen molar-refractivity contribution in [3.8, 4) is 0 Å². The molecule has 0 saturated carbocycles. The SMILES string of the molecule is Cc1ccc2c(c1)C(C(C)(C)O)CCC21CCN(C(=O)OC(C)(C)C)CC1. The number of likely N-dealkylation sites (tertiary alicyclic amines) is 1. The van der Waals surface area contributed by atoms with Crippen LogP contribution in [0.5, 0.6) is 0 Å². The van der Waals surface area contributed by atoms with Gasteiger partial charge in [-0.2, -0.15) is 0 Å². The Hall–Kier alpha value is -1.55. The van der Waals surface area contributed by atoms with E-state index < -0.39 is 11.2 Å². The number of fused-ring (bicyclic) bond motifs is 2. The van der Waals surface area contributed by atoms with Crippen LogP contribution in [0.15, 0.2) is 18.2 Å². The van der Waals surface area contributed by atoms with Gasteiger partial charge in [0.05, 0.1) is 5.60 Å². The van der Waals surface area contributed by atoms with E-state index in [0.29, 0.717) is 0 Å². The second kappa shape index (κ2) is 6.80. The Kier molecular flexibility index (Phi) is 5.09. The summed E-state index contributed by atoms with van der Waals surface area (Å²) >= 11 is 0. The molecule has 1 heterocycles. The molecule has 1 spiro atoms. The number of piperidine rings is 1. The first-order valence-corrected chi connectivity index (χ1v) is 10.2. The number of aryl methyl sites for hydroxylation is 1. The monoisotopic (exact) mass is 373 g/mol. The van der Waals surface area contributed by atoms with Crippen molar-refractivity contribution in [2.24, 2.45) is 0 Å². The number of benzene rings is 1. The van der Waals surface area contributed by atoms with Crippen molar-refractivity contribution in [1.29, 1.82) is 0 Å². The van der Waals surface area contributed by atoms with Crippen molar-refractivity contribution in [2.75, 3.05) is 13.1 Å². The van der Waals surface area contributed by atoms with Crippen LogP contribution in [-0.2, 0) is 10.2 Å². The third kappa shape index (κ3) is 4.16. The Morgan fingerprint density at radius 1 is 1.15 bits per heavy atom. The van der Waals surface area contributed by atoms with E-state index in [4.69, 9.17) is 4.74 Å². The van der Waals surface area contributed by atoms with Crippen LogP contribution in [0.3, 0.4) is 0 Å². The molecule has 1 fully saturated rings. The summed E-state index contributed by atoms with van der Waals surface area (Å²) in [6.07, 6.45) is 3.78.